The van der Waals surface area contributed by atoms with Crippen LogP contribution in [-0.4, -0.2) is 74.6 Å². The van der Waals surface area contributed by atoms with E-state index in [-0.39, 0.29) is 23.6 Å². The van der Waals surface area contributed by atoms with Crippen LogP contribution in [0.3, 0.4) is 0 Å². The van der Waals surface area contributed by atoms with Crippen LogP contribution in [0.15, 0.2) is 60.3 Å². The molecule has 3 aliphatic rings. The highest BCUT2D eigenvalue weighted by Crippen LogP contribution is 2.49. The zero-order chi connectivity index (χ0) is 32.7. The van der Waals surface area contributed by atoms with Crippen LogP contribution in [0, 0.1) is 5.92 Å². The van der Waals surface area contributed by atoms with Crippen molar-refractivity contribution >= 4 is 11.4 Å². The van der Waals surface area contributed by atoms with E-state index in [9.17, 15) is 0 Å². The molecule has 5 rings (SSSR count). The third-order valence-electron chi connectivity index (χ3n) is 9.63. The highest BCUT2D eigenvalue weighted by Gasteiger charge is 2.40. The smallest absolute Gasteiger partial charge is 0.148 e. The van der Waals surface area contributed by atoms with Crippen LogP contribution >= 0.6 is 0 Å². The molecule has 3 atom stereocenters. The van der Waals surface area contributed by atoms with Crippen LogP contribution in [0.25, 0.3) is 0 Å². The molecule has 2 aromatic carbocycles. The summed E-state index contributed by atoms with van der Waals surface area (Å²) in [5.74, 6) is 2.69. The van der Waals surface area contributed by atoms with Crippen molar-refractivity contribution < 1.29 is 14.2 Å². The first-order valence-corrected chi connectivity index (χ1v) is 17.9. The van der Waals surface area contributed by atoms with Crippen molar-refractivity contribution in [2.75, 3.05) is 62.7 Å². The van der Waals surface area contributed by atoms with E-state index in [0.717, 1.165) is 100 Å². The Hall–Kier alpha value is -3.16. The first-order valence-electron chi connectivity index (χ1n) is 17.9. The summed E-state index contributed by atoms with van der Waals surface area (Å²) in [7, 11) is 0. The normalized spacial score (nSPS) is 21.0. The van der Waals surface area contributed by atoms with Crippen LogP contribution in [0.1, 0.15) is 79.7 Å². The first-order chi connectivity index (χ1) is 22.2. The molecule has 0 radical (unpaired) electrons. The Balaban J connectivity index is 1.42. The molecule has 1 aliphatic carbocycles. The lowest BCUT2D eigenvalue weighted by atomic mass is 9.87. The van der Waals surface area contributed by atoms with E-state index in [1.54, 1.807) is 0 Å². The Morgan fingerprint density at radius 3 is 2.46 bits per heavy atom. The van der Waals surface area contributed by atoms with Crippen molar-refractivity contribution in [1.29, 1.82) is 0 Å². The van der Waals surface area contributed by atoms with Gasteiger partial charge in [-0.05, 0) is 68.5 Å². The summed E-state index contributed by atoms with van der Waals surface area (Å²) >= 11 is 0. The van der Waals surface area contributed by atoms with Crippen molar-refractivity contribution in [2.45, 2.75) is 91.8 Å². The number of nitrogens with zero attached hydrogens (tertiary/aromatic N) is 3. The second-order valence-electron chi connectivity index (χ2n) is 13.8. The average Bonchev–Trinajstić information content (AvgIpc) is 3.40. The first kappa shape index (κ1) is 34.2. The predicted octanol–water partition coefficient (Wildman–Crippen LogP) is 8.43. The van der Waals surface area contributed by atoms with Gasteiger partial charge in [0, 0.05) is 50.6 Å². The lowest BCUT2D eigenvalue weighted by molar-refractivity contribution is 0.0997. The van der Waals surface area contributed by atoms with Gasteiger partial charge in [0.1, 0.15) is 29.1 Å². The third-order valence-corrected chi connectivity index (χ3v) is 9.63. The lowest BCUT2D eigenvalue weighted by Crippen LogP contribution is -2.46. The van der Waals surface area contributed by atoms with Crippen molar-refractivity contribution in [3.63, 3.8) is 0 Å². The zero-order valence-electron chi connectivity index (χ0n) is 29.5. The molecule has 46 heavy (non-hydrogen) atoms. The number of benzene rings is 2. The van der Waals surface area contributed by atoms with E-state index in [0.29, 0.717) is 6.61 Å². The minimum Gasteiger partial charge on any atom is -0.491 e. The van der Waals surface area contributed by atoms with Crippen molar-refractivity contribution in [1.82, 2.24) is 9.80 Å². The standard InChI is InChI=1S/C39H58N4O3/c1-8-12-23-43-35-27-32(46-30-17-15-29(16-18-30)39(5,6)7)28-36-37(35)40-38(43)33-20-19-31(44-24-13-21-41(9-2)10-3)26-34(33)42(11-4)22-14-25-45-36/h15-20,26-28,31,33,38,40H,8-14,21-25H2,1-7H3. The van der Waals surface area contributed by atoms with Crippen LogP contribution in [-0.2, 0) is 10.2 Å². The number of anilines is 2. The summed E-state index contributed by atoms with van der Waals surface area (Å²) < 4.78 is 19.5. The van der Waals surface area contributed by atoms with Crippen molar-refractivity contribution in [3.05, 3.63) is 65.9 Å². The van der Waals surface area contributed by atoms with Crippen LogP contribution < -0.4 is 19.7 Å². The Morgan fingerprint density at radius 1 is 0.978 bits per heavy atom. The van der Waals surface area contributed by atoms with E-state index in [1.807, 2.05) is 0 Å². The van der Waals surface area contributed by atoms with Gasteiger partial charge in [-0.2, -0.15) is 0 Å². The molecule has 3 unspecified atom stereocenters. The third kappa shape index (κ3) is 8.03. The van der Waals surface area contributed by atoms with Gasteiger partial charge >= 0.3 is 0 Å². The molecule has 2 bridgehead atoms. The predicted molar refractivity (Wildman–Crippen MR) is 192 cm³/mol. The number of ether oxygens (including phenoxy) is 3. The molecular weight excluding hydrogens is 572 g/mol. The van der Waals surface area contributed by atoms with E-state index >= 15 is 0 Å². The summed E-state index contributed by atoms with van der Waals surface area (Å²) in [5.41, 5.74) is 4.98. The number of fused-ring (bicyclic) bond motifs is 3. The molecule has 2 aromatic rings. The summed E-state index contributed by atoms with van der Waals surface area (Å²) in [4.78, 5) is 7.54. The van der Waals surface area contributed by atoms with E-state index < -0.39 is 0 Å². The monoisotopic (exact) mass is 630 g/mol. The number of unbranched alkanes of at least 4 members (excludes halogenated alkanes) is 1. The van der Waals surface area contributed by atoms with Gasteiger partial charge < -0.3 is 34.2 Å². The van der Waals surface area contributed by atoms with Crippen LogP contribution in [0.4, 0.5) is 11.4 Å². The summed E-state index contributed by atoms with van der Waals surface area (Å²) in [6.45, 7) is 23.2. The fourth-order valence-corrected chi connectivity index (χ4v) is 6.83. The van der Waals surface area contributed by atoms with E-state index in [2.05, 4.69) is 123 Å². The van der Waals surface area contributed by atoms with Crippen LogP contribution in [0.2, 0.25) is 0 Å². The SMILES string of the molecule is CCCCN1c2cc(Oc3ccc(C(C)(C)C)cc3)cc3c2NC1C1C=CC(OCCCN(CC)CC)C=C1N(CC)CCCO3. The van der Waals surface area contributed by atoms with Gasteiger partial charge in [0.05, 0.1) is 24.3 Å². The molecule has 0 amide bonds. The zero-order valence-corrected chi connectivity index (χ0v) is 29.5. The average molecular weight is 631 g/mol. The van der Waals surface area contributed by atoms with Gasteiger partial charge in [-0.15, -0.1) is 0 Å². The molecular formula is C39H58N4O3. The molecule has 7 nitrogen and oxygen atoms in total. The number of rotatable bonds is 13. The van der Waals surface area contributed by atoms with Gasteiger partial charge in [-0.1, -0.05) is 72.2 Å². The summed E-state index contributed by atoms with van der Waals surface area (Å²) in [5, 5.41) is 3.94. The number of hydrogen-bond donors (Lipinski definition) is 1. The molecule has 7 heteroatoms. The van der Waals surface area contributed by atoms with E-state index in [1.165, 1.54) is 11.3 Å². The molecule has 0 saturated carbocycles. The molecule has 0 aromatic heterocycles. The van der Waals surface area contributed by atoms with Crippen LogP contribution in [0.5, 0.6) is 17.2 Å². The molecule has 2 heterocycles. The minimum absolute atomic E-state index is 0.00788. The largest absolute Gasteiger partial charge is 0.491 e. The van der Waals surface area contributed by atoms with Gasteiger partial charge in [-0.25, -0.2) is 0 Å². The number of hydrogen-bond acceptors (Lipinski definition) is 7. The second kappa shape index (κ2) is 15.6. The van der Waals surface area contributed by atoms with Gasteiger partial charge in [0.15, 0.2) is 0 Å². The maximum atomic E-state index is 6.53. The molecule has 0 saturated heterocycles. The molecule has 0 spiro atoms. The minimum atomic E-state index is -0.00788. The Labute approximate surface area is 278 Å². The maximum Gasteiger partial charge on any atom is 0.148 e. The Bertz CT molecular complexity index is 1330. The van der Waals surface area contributed by atoms with E-state index in [4.69, 9.17) is 14.2 Å². The van der Waals surface area contributed by atoms with Crippen molar-refractivity contribution in [3.8, 4) is 17.2 Å². The highest BCUT2D eigenvalue weighted by molar-refractivity contribution is 5.84. The second-order valence-corrected chi connectivity index (χ2v) is 13.8. The van der Waals surface area contributed by atoms with Crippen molar-refractivity contribution in [2.24, 2.45) is 5.92 Å². The maximum absolute atomic E-state index is 6.53. The topological polar surface area (TPSA) is 49.4 Å². The van der Waals surface area contributed by atoms with Gasteiger partial charge in [0.25, 0.3) is 0 Å². The van der Waals surface area contributed by atoms with Gasteiger partial charge in [0.2, 0.25) is 0 Å². The Morgan fingerprint density at radius 2 is 1.76 bits per heavy atom. The van der Waals surface area contributed by atoms with Gasteiger partial charge in [-0.3, -0.25) is 0 Å². The fraction of sp³-hybridized carbons (Fsp3) is 0.590. The molecule has 0 fully saturated rings. The molecule has 252 valence electrons. The molecule has 2 aliphatic heterocycles. The quantitative estimate of drug-likeness (QED) is 0.176. The molecule has 1 N–H and O–H groups in total. The summed E-state index contributed by atoms with van der Waals surface area (Å²) in [6.07, 6.45) is 11.3. The number of nitrogens with one attached hydrogen (secondary N) is 1. The fourth-order valence-electron chi connectivity index (χ4n) is 6.83. The highest BCUT2D eigenvalue weighted by atomic mass is 16.5. The lowest BCUT2D eigenvalue weighted by Gasteiger charge is -2.39. The Kier molecular flexibility index (Phi) is 11.6. The summed E-state index contributed by atoms with van der Waals surface area (Å²) in [6, 6.07) is 12.8.